The summed E-state index contributed by atoms with van der Waals surface area (Å²) in [7, 11) is 0. The number of H-pyrrole nitrogens is 1. The first-order chi connectivity index (χ1) is 12.2. The van der Waals surface area contributed by atoms with E-state index in [9.17, 15) is 0 Å². The third kappa shape index (κ3) is 3.08. The molecule has 2 aromatic carbocycles. The van der Waals surface area contributed by atoms with Crippen molar-refractivity contribution >= 4 is 32.8 Å². The summed E-state index contributed by atoms with van der Waals surface area (Å²) >= 11 is 3.58. The van der Waals surface area contributed by atoms with E-state index in [1.54, 1.807) is 6.20 Å². The van der Waals surface area contributed by atoms with Crippen molar-refractivity contribution in [2.24, 2.45) is 0 Å². The average Bonchev–Trinajstić information content (AvgIpc) is 3.08. The van der Waals surface area contributed by atoms with Gasteiger partial charge in [-0.15, -0.1) is 0 Å². The maximum absolute atomic E-state index is 6.10. The summed E-state index contributed by atoms with van der Waals surface area (Å²) in [6.45, 7) is 0.494. The number of hydrogen-bond acceptors (Lipinski definition) is 4. The highest BCUT2D eigenvalue weighted by Crippen LogP contribution is 2.38. The van der Waals surface area contributed by atoms with Gasteiger partial charge in [0.1, 0.15) is 12.4 Å². The topological polar surface area (TPSA) is 76.8 Å². The summed E-state index contributed by atoms with van der Waals surface area (Å²) in [5.41, 5.74) is 9.48. The Balaban J connectivity index is 1.79. The number of fused-ring (bicyclic) bond motifs is 1. The van der Waals surface area contributed by atoms with Crippen LogP contribution in [0.15, 0.2) is 65.4 Å². The predicted molar refractivity (Wildman–Crippen MR) is 102 cm³/mol. The number of halogens is 1. The lowest BCUT2D eigenvalue weighted by Crippen LogP contribution is -1.97. The fraction of sp³-hybridized carbons (Fsp3) is 0.0526. The van der Waals surface area contributed by atoms with Gasteiger partial charge in [-0.3, -0.25) is 0 Å². The van der Waals surface area contributed by atoms with Crippen LogP contribution in [-0.4, -0.2) is 15.0 Å². The molecule has 6 heteroatoms. The smallest absolute Gasteiger partial charge is 0.220 e. The molecule has 0 aliphatic heterocycles. The Morgan fingerprint density at radius 1 is 1.08 bits per heavy atom. The summed E-state index contributed by atoms with van der Waals surface area (Å²) in [6, 6.07) is 15.8. The summed E-state index contributed by atoms with van der Waals surface area (Å²) in [5, 5.41) is 0.961. The van der Waals surface area contributed by atoms with E-state index in [1.165, 1.54) is 0 Å². The van der Waals surface area contributed by atoms with Crippen molar-refractivity contribution in [3.05, 3.63) is 71.0 Å². The fourth-order valence-electron chi connectivity index (χ4n) is 2.76. The molecule has 4 rings (SSSR count). The lowest BCUT2D eigenvalue weighted by Gasteiger charge is -2.10. The van der Waals surface area contributed by atoms with Gasteiger partial charge in [-0.25, -0.2) is 9.97 Å². The Morgan fingerprint density at radius 2 is 1.92 bits per heavy atom. The van der Waals surface area contributed by atoms with Gasteiger partial charge in [-0.2, -0.15) is 0 Å². The molecule has 2 aromatic heterocycles. The third-order valence-electron chi connectivity index (χ3n) is 3.93. The molecular weight excluding hydrogens is 380 g/mol. The molecule has 0 bridgehead atoms. The van der Waals surface area contributed by atoms with Gasteiger partial charge in [0.05, 0.1) is 16.6 Å². The molecule has 5 nitrogen and oxygen atoms in total. The van der Waals surface area contributed by atoms with Gasteiger partial charge >= 0.3 is 0 Å². The Labute approximate surface area is 153 Å². The van der Waals surface area contributed by atoms with Crippen LogP contribution >= 0.6 is 15.9 Å². The van der Waals surface area contributed by atoms with Crippen LogP contribution in [-0.2, 0) is 6.61 Å². The van der Waals surface area contributed by atoms with E-state index in [-0.39, 0.29) is 5.95 Å². The molecule has 0 radical (unpaired) electrons. The second-order valence-corrected chi connectivity index (χ2v) is 6.43. The molecule has 0 aliphatic carbocycles. The summed E-state index contributed by atoms with van der Waals surface area (Å²) in [4.78, 5) is 11.6. The summed E-state index contributed by atoms with van der Waals surface area (Å²) in [6.07, 6.45) is 3.56. The Bertz CT molecular complexity index is 1030. The molecule has 0 atom stereocenters. The zero-order valence-electron chi connectivity index (χ0n) is 13.2. The van der Waals surface area contributed by atoms with E-state index in [0.29, 0.717) is 6.61 Å². The highest BCUT2D eigenvalue weighted by Gasteiger charge is 2.15. The number of anilines is 1. The van der Waals surface area contributed by atoms with Crippen LogP contribution in [0.4, 0.5) is 5.95 Å². The van der Waals surface area contributed by atoms with Crippen molar-refractivity contribution in [2.75, 3.05) is 5.73 Å². The first kappa shape index (κ1) is 15.7. The van der Waals surface area contributed by atoms with Crippen molar-refractivity contribution in [3.63, 3.8) is 0 Å². The number of nitrogens with zero attached hydrogens (tertiary/aromatic N) is 2. The Morgan fingerprint density at radius 3 is 2.72 bits per heavy atom. The van der Waals surface area contributed by atoms with E-state index in [0.717, 1.165) is 37.9 Å². The number of rotatable bonds is 4. The molecule has 0 aliphatic rings. The van der Waals surface area contributed by atoms with Gasteiger partial charge in [0.2, 0.25) is 5.95 Å². The molecule has 0 unspecified atom stereocenters. The van der Waals surface area contributed by atoms with Crippen LogP contribution in [0.5, 0.6) is 5.75 Å². The molecule has 0 saturated heterocycles. The summed E-state index contributed by atoms with van der Waals surface area (Å²) in [5.74, 6) is 1.03. The van der Waals surface area contributed by atoms with Crippen molar-refractivity contribution < 1.29 is 4.74 Å². The van der Waals surface area contributed by atoms with Gasteiger partial charge in [0.25, 0.3) is 0 Å². The van der Waals surface area contributed by atoms with E-state index in [1.807, 2.05) is 54.7 Å². The minimum atomic E-state index is 0.244. The maximum atomic E-state index is 6.10. The molecule has 0 amide bonds. The largest absolute Gasteiger partial charge is 0.488 e. The van der Waals surface area contributed by atoms with E-state index < -0.39 is 0 Å². The van der Waals surface area contributed by atoms with Gasteiger partial charge in [-0.05, 0) is 39.7 Å². The van der Waals surface area contributed by atoms with Crippen LogP contribution in [0.25, 0.3) is 22.2 Å². The van der Waals surface area contributed by atoms with Gasteiger partial charge in [0, 0.05) is 22.4 Å². The number of hydrogen-bond donors (Lipinski definition) is 2. The molecule has 3 N–H and O–H groups in total. The quantitative estimate of drug-likeness (QED) is 0.532. The summed E-state index contributed by atoms with van der Waals surface area (Å²) < 4.78 is 7.06. The minimum absolute atomic E-state index is 0.244. The van der Waals surface area contributed by atoms with Gasteiger partial charge in [0.15, 0.2) is 0 Å². The highest BCUT2D eigenvalue weighted by atomic mass is 79.9. The minimum Gasteiger partial charge on any atom is -0.488 e. The van der Waals surface area contributed by atoms with Crippen molar-refractivity contribution in [3.8, 4) is 17.0 Å². The van der Waals surface area contributed by atoms with Crippen molar-refractivity contribution in [2.45, 2.75) is 6.61 Å². The van der Waals surface area contributed by atoms with Gasteiger partial charge < -0.3 is 15.5 Å². The van der Waals surface area contributed by atoms with E-state index in [4.69, 9.17) is 10.5 Å². The van der Waals surface area contributed by atoms with Crippen LogP contribution < -0.4 is 10.5 Å². The van der Waals surface area contributed by atoms with Crippen molar-refractivity contribution in [1.29, 1.82) is 0 Å². The molecule has 0 saturated carbocycles. The number of ether oxygens (including phenoxy) is 1. The standard InChI is InChI=1S/C19H15BrN4O/c20-14-6-7-16(25-11-12-4-2-1-3-5-12)17-13(10-23-18(14)17)15-8-9-22-19(21)24-15/h1-10,23H,11H2,(H2,21,22,24). The zero-order valence-corrected chi connectivity index (χ0v) is 14.8. The van der Waals surface area contributed by atoms with Gasteiger partial charge in [-0.1, -0.05) is 30.3 Å². The normalized spacial score (nSPS) is 10.9. The molecule has 2 heterocycles. The predicted octanol–water partition coefficient (Wildman–Crippen LogP) is 4.55. The average molecular weight is 395 g/mol. The first-order valence-corrected chi connectivity index (χ1v) is 8.57. The van der Waals surface area contributed by atoms with Crippen LogP contribution in [0.3, 0.4) is 0 Å². The molecular formula is C19H15BrN4O. The number of nitrogen functional groups attached to an aromatic ring is 1. The van der Waals surface area contributed by atoms with Crippen molar-refractivity contribution in [1.82, 2.24) is 15.0 Å². The van der Waals surface area contributed by atoms with Crippen LogP contribution in [0.1, 0.15) is 5.56 Å². The maximum Gasteiger partial charge on any atom is 0.220 e. The third-order valence-corrected chi connectivity index (χ3v) is 4.59. The Hall–Kier alpha value is -2.86. The van der Waals surface area contributed by atoms with E-state index >= 15 is 0 Å². The molecule has 0 spiro atoms. The number of aromatic amines is 1. The van der Waals surface area contributed by atoms with Crippen LogP contribution in [0, 0.1) is 0 Å². The molecule has 0 fully saturated rings. The molecule has 124 valence electrons. The monoisotopic (exact) mass is 394 g/mol. The lowest BCUT2D eigenvalue weighted by molar-refractivity contribution is 0.310. The Kier molecular flexibility index (Phi) is 4.11. The number of benzene rings is 2. The second kappa shape index (κ2) is 6.57. The second-order valence-electron chi connectivity index (χ2n) is 5.57. The zero-order chi connectivity index (χ0) is 17.2. The highest BCUT2D eigenvalue weighted by molar-refractivity contribution is 9.10. The van der Waals surface area contributed by atoms with Crippen LogP contribution in [0.2, 0.25) is 0 Å². The van der Waals surface area contributed by atoms with E-state index in [2.05, 4.69) is 30.9 Å². The first-order valence-electron chi connectivity index (χ1n) is 7.77. The molecule has 25 heavy (non-hydrogen) atoms. The lowest BCUT2D eigenvalue weighted by atomic mass is 10.1. The fourth-order valence-corrected chi connectivity index (χ4v) is 3.21. The number of nitrogens with one attached hydrogen (secondary N) is 1. The SMILES string of the molecule is Nc1nccc(-c2c[nH]c3c(Br)ccc(OCc4ccccc4)c23)n1. The molecule has 4 aromatic rings. The number of nitrogens with two attached hydrogens (primary N) is 1. The number of aromatic nitrogens is 3.